The first-order valence-corrected chi connectivity index (χ1v) is 4.69. The Balaban J connectivity index is 2.44. The topological polar surface area (TPSA) is 30.7 Å². The summed E-state index contributed by atoms with van der Waals surface area (Å²) in [5.74, 6) is 2.00. The Labute approximate surface area is 71.2 Å². The summed E-state index contributed by atoms with van der Waals surface area (Å²) < 4.78 is 1.81. The van der Waals surface area contributed by atoms with Crippen LogP contribution in [0.1, 0.15) is 19.7 Å². The molecule has 3 nitrogen and oxygen atoms in total. The second kappa shape index (κ2) is 3.76. The zero-order valence-corrected chi connectivity index (χ0v) is 7.93. The molecule has 0 aromatic carbocycles. The molecular formula is C7H13N3S. The van der Waals surface area contributed by atoms with Crippen LogP contribution < -0.4 is 0 Å². The third-order valence-corrected chi connectivity index (χ3v) is 2.44. The van der Waals surface area contributed by atoms with Crippen molar-refractivity contribution in [3.8, 4) is 0 Å². The van der Waals surface area contributed by atoms with Crippen molar-refractivity contribution < 1.29 is 0 Å². The summed E-state index contributed by atoms with van der Waals surface area (Å²) >= 11 is 1.88. The summed E-state index contributed by atoms with van der Waals surface area (Å²) in [5, 5.41) is 4.65. The first kappa shape index (κ1) is 8.59. The Morgan fingerprint density at radius 2 is 2.36 bits per heavy atom. The molecule has 1 aromatic rings. The standard InChI is InChI=1S/C7H13N3S/c1-6(2)11-4-7-8-5-9-10(7)3/h5-6H,4H2,1-3H3. The van der Waals surface area contributed by atoms with Gasteiger partial charge in [-0.3, -0.25) is 4.68 Å². The second-order valence-corrected chi connectivity index (χ2v) is 4.22. The number of rotatable bonds is 3. The summed E-state index contributed by atoms with van der Waals surface area (Å²) in [6.45, 7) is 4.36. The molecule has 0 N–H and O–H groups in total. The molecule has 0 bridgehead atoms. The largest absolute Gasteiger partial charge is 0.252 e. The van der Waals surface area contributed by atoms with Gasteiger partial charge in [0.1, 0.15) is 12.2 Å². The van der Waals surface area contributed by atoms with Crippen LogP contribution in [0.3, 0.4) is 0 Å². The fourth-order valence-corrected chi connectivity index (χ4v) is 1.44. The SMILES string of the molecule is CC(C)SCc1ncnn1C. The number of aryl methyl sites for hydroxylation is 1. The smallest absolute Gasteiger partial charge is 0.138 e. The van der Waals surface area contributed by atoms with Gasteiger partial charge in [0, 0.05) is 7.05 Å². The minimum absolute atomic E-state index is 0.659. The van der Waals surface area contributed by atoms with E-state index in [1.54, 1.807) is 6.33 Å². The maximum atomic E-state index is 4.12. The van der Waals surface area contributed by atoms with Crippen molar-refractivity contribution in [3.05, 3.63) is 12.2 Å². The van der Waals surface area contributed by atoms with Gasteiger partial charge in [0.25, 0.3) is 0 Å². The van der Waals surface area contributed by atoms with E-state index in [0.717, 1.165) is 11.6 Å². The van der Waals surface area contributed by atoms with Gasteiger partial charge >= 0.3 is 0 Å². The number of nitrogens with zero attached hydrogens (tertiary/aromatic N) is 3. The first-order valence-electron chi connectivity index (χ1n) is 3.64. The Kier molecular flexibility index (Phi) is 2.93. The lowest BCUT2D eigenvalue weighted by Crippen LogP contribution is -1.99. The van der Waals surface area contributed by atoms with Crippen molar-refractivity contribution in [1.29, 1.82) is 0 Å². The summed E-state index contributed by atoms with van der Waals surface area (Å²) in [6.07, 6.45) is 1.59. The van der Waals surface area contributed by atoms with Gasteiger partial charge in [-0.1, -0.05) is 13.8 Å². The Bertz CT molecular complexity index is 219. The van der Waals surface area contributed by atoms with E-state index in [2.05, 4.69) is 23.9 Å². The van der Waals surface area contributed by atoms with E-state index in [0.29, 0.717) is 5.25 Å². The van der Waals surface area contributed by atoms with Gasteiger partial charge in [-0.2, -0.15) is 16.9 Å². The van der Waals surface area contributed by atoms with Crippen LogP contribution in [-0.4, -0.2) is 20.0 Å². The second-order valence-electron chi connectivity index (χ2n) is 2.66. The molecule has 1 aromatic heterocycles. The van der Waals surface area contributed by atoms with Crippen molar-refractivity contribution in [1.82, 2.24) is 14.8 Å². The van der Waals surface area contributed by atoms with Crippen LogP contribution in [0.25, 0.3) is 0 Å². The summed E-state index contributed by atoms with van der Waals surface area (Å²) in [4.78, 5) is 4.12. The molecule has 0 radical (unpaired) electrons. The van der Waals surface area contributed by atoms with Crippen LogP contribution in [0.15, 0.2) is 6.33 Å². The van der Waals surface area contributed by atoms with E-state index in [-0.39, 0.29) is 0 Å². The highest BCUT2D eigenvalue weighted by Crippen LogP contribution is 2.14. The fourth-order valence-electron chi connectivity index (χ4n) is 0.692. The van der Waals surface area contributed by atoms with Crippen LogP contribution >= 0.6 is 11.8 Å². The molecule has 4 heteroatoms. The maximum absolute atomic E-state index is 4.12. The molecule has 11 heavy (non-hydrogen) atoms. The minimum atomic E-state index is 0.659. The van der Waals surface area contributed by atoms with Crippen molar-refractivity contribution in [2.24, 2.45) is 7.05 Å². The van der Waals surface area contributed by atoms with E-state index < -0.39 is 0 Å². The van der Waals surface area contributed by atoms with Crippen LogP contribution in [0.4, 0.5) is 0 Å². The van der Waals surface area contributed by atoms with E-state index in [9.17, 15) is 0 Å². The third kappa shape index (κ3) is 2.54. The molecule has 1 heterocycles. The molecule has 0 aliphatic carbocycles. The van der Waals surface area contributed by atoms with Gasteiger partial charge in [0.2, 0.25) is 0 Å². The third-order valence-electron chi connectivity index (χ3n) is 1.35. The summed E-state index contributed by atoms with van der Waals surface area (Å²) in [5.41, 5.74) is 0. The van der Waals surface area contributed by atoms with Crippen LogP contribution in [0, 0.1) is 0 Å². The van der Waals surface area contributed by atoms with Crippen LogP contribution in [0.2, 0.25) is 0 Å². The number of aromatic nitrogens is 3. The van der Waals surface area contributed by atoms with Crippen molar-refractivity contribution in [3.63, 3.8) is 0 Å². The molecule has 0 atom stereocenters. The molecule has 0 unspecified atom stereocenters. The molecular weight excluding hydrogens is 158 g/mol. The van der Waals surface area contributed by atoms with E-state index in [1.807, 2.05) is 23.5 Å². The lowest BCUT2D eigenvalue weighted by atomic mass is 10.6. The van der Waals surface area contributed by atoms with Gasteiger partial charge in [0.05, 0.1) is 5.75 Å². The van der Waals surface area contributed by atoms with Crippen molar-refractivity contribution >= 4 is 11.8 Å². The molecule has 0 saturated heterocycles. The molecule has 0 saturated carbocycles. The summed E-state index contributed by atoms with van der Waals surface area (Å²) in [6, 6.07) is 0. The maximum Gasteiger partial charge on any atom is 0.138 e. The van der Waals surface area contributed by atoms with Crippen LogP contribution in [-0.2, 0) is 12.8 Å². The van der Waals surface area contributed by atoms with Gasteiger partial charge in [-0.15, -0.1) is 0 Å². The Morgan fingerprint density at radius 3 is 2.82 bits per heavy atom. The molecule has 0 aliphatic heterocycles. The molecule has 0 fully saturated rings. The summed E-state index contributed by atoms with van der Waals surface area (Å²) in [7, 11) is 1.92. The zero-order chi connectivity index (χ0) is 8.27. The van der Waals surface area contributed by atoms with Crippen molar-refractivity contribution in [2.45, 2.75) is 24.9 Å². The molecule has 0 aliphatic rings. The van der Waals surface area contributed by atoms with E-state index in [4.69, 9.17) is 0 Å². The lowest BCUT2D eigenvalue weighted by Gasteiger charge is -2.02. The van der Waals surface area contributed by atoms with Crippen molar-refractivity contribution in [2.75, 3.05) is 0 Å². The lowest BCUT2D eigenvalue weighted by molar-refractivity contribution is 0.729. The Hall–Kier alpha value is -0.510. The highest BCUT2D eigenvalue weighted by molar-refractivity contribution is 7.99. The van der Waals surface area contributed by atoms with E-state index in [1.165, 1.54) is 0 Å². The number of hydrogen-bond acceptors (Lipinski definition) is 3. The van der Waals surface area contributed by atoms with Gasteiger partial charge in [0.15, 0.2) is 0 Å². The Morgan fingerprint density at radius 1 is 1.64 bits per heavy atom. The average molecular weight is 171 g/mol. The zero-order valence-electron chi connectivity index (χ0n) is 7.11. The average Bonchev–Trinajstić information content (AvgIpc) is 2.31. The van der Waals surface area contributed by atoms with Gasteiger partial charge < -0.3 is 0 Å². The monoisotopic (exact) mass is 171 g/mol. The predicted molar refractivity (Wildman–Crippen MR) is 47.4 cm³/mol. The van der Waals surface area contributed by atoms with Gasteiger partial charge in [-0.25, -0.2) is 4.98 Å². The van der Waals surface area contributed by atoms with Gasteiger partial charge in [-0.05, 0) is 5.25 Å². The molecule has 0 amide bonds. The molecule has 1 rings (SSSR count). The number of hydrogen-bond donors (Lipinski definition) is 0. The normalized spacial score (nSPS) is 10.9. The first-order chi connectivity index (χ1) is 5.20. The quantitative estimate of drug-likeness (QED) is 0.689. The highest BCUT2D eigenvalue weighted by atomic mass is 32.2. The molecule has 62 valence electrons. The number of thioether (sulfide) groups is 1. The predicted octanol–water partition coefficient (Wildman–Crippen LogP) is 1.46. The van der Waals surface area contributed by atoms with Crippen LogP contribution in [0.5, 0.6) is 0 Å². The fraction of sp³-hybridized carbons (Fsp3) is 0.714. The highest BCUT2D eigenvalue weighted by Gasteiger charge is 2.01. The molecule has 0 spiro atoms. The van der Waals surface area contributed by atoms with E-state index >= 15 is 0 Å². The minimum Gasteiger partial charge on any atom is -0.252 e.